The van der Waals surface area contributed by atoms with Gasteiger partial charge in [0.1, 0.15) is 23.8 Å². The summed E-state index contributed by atoms with van der Waals surface area (Å²) in [6, 6.07) is 7.99. The Morgan fingerprint density at radius 3 is 2.52 bits per heavy atom. The monoisotopic (exact) mass is 442 g/mol. The number of aryl methyl sites for hydroxylation is 1. The van der Waals surface area contributed by atoms with Gasteiger partial charge in [-0.05, 0) is 37.6 Å². The van der Waals surface area contributed by atoms with Gasteiger partial charge in [0.05, 0.1) is 10.6 Å². The average molecular weight is 443 g/mol. The molecule has 0 saturated carbocycles. The SMILES string of the molecule is C/C(=N\OCc1ccc(Cl)cc1)c1cn(-c2ncc(C(F)(F)F)cc2Cl)c(C)n1. The maximum Gasteiger partial charge on any atom is 0.417 e. The maximum absolute atomic E-state index is 12.8. The molecule has 0 aliphatic heterocycles. The Bertz CT molecular complexity index is 1050. The van der Waals surface area contributed by atoms with Gasteiger partial charge in [-0.1, -0.05) is 40.5 Å². The predicted octanol–water partition coefficient (Wildman–Crippen LogP) is 5.84. The Balaban J connectivity index is 1.78. The van der Waals surface area contributed by atoms with Crippen molar-refractivity contribution in [1.82, 2.24) is 14.5 Å². The standard InChI is InChI=1S/C19H15Cl2F3N4O/c1-11(27-29-10-13-3-5-15(20)6-4-13)17-9-28(12(2)26-17)18-16(21)7-14(8-25-18)19(22,23)24/h3-9H,10H2,1-2H3/b27-11+. The smallest absolute Gasteiger partial charge is 0.391 e. The lowest BCUT2D eigenvalue weighted by atomic mass is 10.2. The number of hydrogen-bond donors (Lipinski definition) is 0. The Morgan fingerprint density at radius 1 is 1.21 bits per heavy atom. The highest BCUT2D eigenvalue weighted by atomic mass is 35.5. The molecule has 2 heterocycles. The largest absolute Gasteiger partial charge is 0.417 e. The molecular formula is C19H15Cl2F3N4O. The molecule has 2 aromatic heterocycles. The number of hydrogen-bond acceptors (Lipinski definition) is 4. The summed E-state index contributed by atoms with van der Waals surface area (Å²) in [5, 5.41) is 4.53. The molecular weight excluding hydrogens is 428 g/mol. The van der Waals surface area contributed by atoms with Crippen LogP contribution in [0.4, 0.5) is 13.2 Å². The van der Waals surface area contributed by atoms with Crippen LogP contribution in [0.25, 0.3) is 5.82 Å². The zero-order chi connectivity index (χ0) is 21.2. The molecule has 0 atom stereocenters. The van der Waals surface area contributed by atoms with Crippen LogP contribution < -0.4 is 0 Å². The lowest BCUT2D eigenvalue weighted by molar-refractivity contribution is -0.137. The molecule has 0 N–H and O–H groups in total. The van der Waals surface area contributed by atoms with E-state index in [1.807, 2.05) is 12.1 Å². The Hall–Kier alpha value is -2.58. The molecule has 0 aliphatic rings. The number of nitrogens with zero attached hydrogens (tertiary/aromatic N) is 4. The van der Waals surface area contributed by atoms with Crippen molar-refractivity contribution in [3.05, 3.63) is 75.4 Å². The van der Waals surface area contributed by atoms with E-state index in [9.17, 15) is 13.2 Å². The molecule has 152 valence electrons. The van der Waals surface area contributed by atoms with Crippen LogP contribution in [0, 0.1) is 6.92 Å². The van der Waals surface area contributed by atoms with Gasteiger partial charge in [0, 0.05) is 17.4 Å². The minimum Gasteiger partial charge on any atom is -0.391 e. The predicted molar refractivity (Wildman–Crippen MR) is 105 cm³/mol. The summed E-state index contributed by atoms with van der Waals surface area (Å²) in [6.07, 6.45) is -2.20. The zero-order valence-corrected chi connectivity index (χ0v) is 16.8. The van der Waals surface area contributed by atoms with Gasteiger partial charge in [0.15, 0.2) is 5.82 Å². The molecule has 0 amide bonds. The number of aromatic nitrogens is 3. The van der Waals surface area contributed by atoms with Gasteiger partial charge >= 0.3 is 6.18 Å². The summed E-state index contributed by atoms with van der Waals surface area (Å²) < 4.78 is 39.9. The Morgan fingerprint density at radius 2 is 1.90 bits per heavy atom. The van der Waals surface area contributed by atoms with E-state index in [2.05, 4.69) is 15.1 Å². The van der Waals surface area contributed by atoms with Gasteiger partial charge in [0.25, 0.3) is 0 Å². The van der Waals surface area contributed by atoms with Crippen LogP contribution in [0.2, 0.25) is 10.0 Å². The van der Waals surface area contributed by atoms with Crippen molar-refractivity contribution in [2.24, 2.45) is 5.16 Å². The minimum atomic E-state index is -4.52. The van der Waals surface area contributed by atoms with Crippen LogP contribution in [0.3, 0.4) is 0 Å². The first-order valence-electron chi connectivity index (χ1n) is 8.35. The molecule has 29 heavy (non-hydrogen) atoms. The first-order valence-corrected chi connectivity index (χ1v) is 9.11. The van der Waals surface area contributed by atoms with Crippen molar-refractivity contribution >= 4 is 28.9 Å². The number of benzene rings is 1. The first-order chi connectivity index (χ1) is 13.6. The van der Waals surface area contributed by atoms with Crippen LogP contribution >= 0.6 is 23.2 Å². The van der Waals surface area contributed by atoms with Gasteiger partial charge in [-0.2, -0.15) is 13.2 Å². The van der Waals surface area contributed by atoms with E-state index in [4.69, 9.17) is 28.0 Å². The van der Waals surface area contributed by atoms with Crippen LogP contribution in [0.1, 0.15) is 29.6 Å². The highest BCUT2D eigenvalue weighted by Gasteiger charge is 2.31. The number of pyridine rings is 1. The highest BCUT2D eigenvalue weighted by molar-refractivity contribution is 6.32. The maximum atomic E-state index is 12.8. The molecule has 0 saturated heterocycles. The van der Waals surface area contributed by atoms with E-state index in [0.717, 1.165) is 17.8 Å². The molecule has 0 unspecified atom stereocenters. The van der Waals surface area contributed by atoms with E-state index in [1.54, 1.807) is 32.2 Å². The number of oxime groups is 1. The summed E-state index contributed by atoms with van der Waals surface area (Å²) in [4.78, 5) is 13.5. The second kappa shape index (κ2) is 8.42. The number of halogens is 5. The van der Waals surface area contributed by atoms with Gasteiger partial charge < -0.3 is 4.84 Å². The minimum absolute atomic E-state index is 0.138. The number of rotatable bonds is 5. The van der Waals surface area contributed by atoms with Crippen molar-refractivity contribution in [2.45, 2.75) is 26.6 Å². The molecule has 0 spiro atoms. The normalized spacial score (nSPS) is 12.3. The Labute approximate surface area is 174 Å². The van der Waals surface area contributed by atoms with Gasteiger partial charge in [0.2, 0.25) is 0 Å². The molecule has 5 nitrogen and oxygen atoms in total. The summed E-state index contributed by atoms with van der Waals surface area (Å²) in [7, 11) is 0. The molecule has 0 bridgehead atoms. The number of alkyl halides is 3. The second-order valence-electron chi connectivity index (χ2n) is 6.15. The van der Waals surface area contributed by atoms with Crippen molar-refractivity contribution in [3.63, 3.8) is 0 Å². The zero-order valence-electron chi connectivity index (χ0n) is 15.3. The fourth-order valence-corrected chi connectivity index (χ4v) is 2.84. The van der Waals surface area contributed by atoms with E-state index in [0.29, 0.717) is 22.3 Å². The van der Waals surface area contributed by atoms with Crippen LogP contribution in [0.5, 0.6) is 0 Å². The first kappa shape index (κ1) is 21.1. The van der Waals surface area contributed by atoms with E-state index >= 15 is 0 Å². The summed E-state index contributed by atoms with van der Waals surface area (Å²) in [6.45, 7) is 3.64. The van der Waals surface area contributed by atoms with Crippen molar-refractivity contribution in [2.75, 3.05) is 0 Å². The highest BCUT2D eigenvalue weighted by Crippen LogP contribution is 2.32. The van der Waals surface area contributed by atoms with Gasteiger partial charge in [-0.3, -0.25) is 4.57 Å². The molecule has 10 heteroatoms. The van der Waals surface area contributed by atoms with Gasteiger partial charge in [-0.25, -0.2) is 9.97 Å². The fourth-order valence-electron chi connectivity index (χ4n) is 2.46. The molecule has 1 aromatic carbocycles. The van der Waals surface area contributed by atoms with Crippen molar-refractivity contribution in [3.8, 4) is 5.82 Å². The van der Waals surface area contributed by atoms with Crippen molar-refractivity contribution < 1.29 is 18.0 Å². The van der Waals surface area contributed by atoms with Gasteiger partial charge in [-0.15, -0.1) is 0 Å². The summed E-state index contributed by atoms with van der Waals surface area (Å²) >= 11 is 11.9. The topological polar surface area (TPSA) is 52.3 Å². The van der Waals surface area contributed by atoms with Crippen LogP contribution in [-0.4, -0.2) is 20.2 Å². The van der Waals surface area contributed by atoms with E-state index in [-0.39, 0.29) is 17.4 Å². The number of imidazole rings is 1. The average Bonchev–Trinajstić information content (AvgIpc) is 3.04. The van der Waals surface area contributed by atoms with Crippen molar-refractivity contribution in [1.29, 1.82) is 0 Å². The fraction of sp³-hybridized carbons (Fsp3) is 0.211. The third kappa shape index (κ3) is 5.07. The van der Waals surface area contributed by atoms with Crippen LogP contribution in [-0.2, 0) is 17.6 Å². The van der Waals surface area contributed by atoms with E-state index < -0.39 is 11.7 Å². The summed E-state index contributed by atoms with van der Waals surface area (Å²) in [5.41, 5.74) is 0.950. The Kier molecular flexibility index (Phi) is 6.14. The molecule has 3 aromatic rings. The van der Waals surface area contributed by atoms with E-state index in [1.165, 1.54) is 4.57 Å². The quantitative estimate of drug-likeness (QED) is 0.368. The molecule has 0 fully saturated rings. The third-order valence-corrected chi connectivity index (χ3v) is 4.51. The third-order valence-electron chi connectivity index (χ3n) is 3.98. The second-order valence-corrected chi connectivity index (χ2v) is 6.99. The lowest BCUT2D eigenvalue weighted by Crippen LogP contribution is -2.08. The molecule has 3 rings (SSSR count). The lowest BCUT2D eigenvalue weighted by Gasteiger charge is -2.10. The molecule has 0 radical (unpaired) electrons. The van der Waals surface area contributed by atoms with Crippen LogP contribution in [0.15, 0.2) is 47.9 Å². The molecule has 0 aliphatic carbocycles. The summed E-state index contributed by atoms with van der Waals surface area (Å²) in [5.74, 6) is 0.632.